The number of aromatic nitrogens is 3. The summed E-state index contributed by atoms with van der Waals surface area (Å²) in [6, 6.07) is 7.59. The van der Waals surface area contributed by atoms with Gasteiger partial charge in [0, 0.05) is 11.6 Å². The fourth-order valence-electron chi connectivity index (χ4n) is 1.98. The first kappa shape index (κ1) is 15.7. The van der Waals surface area contributed by atoms with Crippen molar-refractivity contribution in [2.24, 2.45) is 0 Å². The van der Waals surface area contributed by atoms with Crippen LogP contribution in [0.4, 0.5) is 5.69 Å². The van der Waals surface area contributed by atoms with E-state index < -0.39 is 4.92 Å². The Labute approximate surface area is 139 Å². The van der Waals surface area contributed by atoms with Crippen LogP contribution in [-0.2, 0) is 0 Å². The third-order valence-electron chi connectivity index (χ3n) is 3.17. The summed E-state index contributed by atoms with van der Waals surface area (Å²) in [5, 5.41) is 19.4. The van der Waals surface area contributed by atoms with Crippen molar-refractivity contribution in [2.75, 3.05) is 5.84 Å². The van der Waals surface area contributed by atoms with E-state index in [0.29, 0.717) is 16.5 Å². The summed E-state index contributed by atoms with van der Waals surface area (Å²) >= 11 is 0.977. The number of furan rings is 1. The van der Waals surface area contributed by atoms with E-state index in [9.17, 15) is 14.9 Å². The Balaban J connectivity index is 1.97. The third kappa shape index (κ3) is 2.86. The Morgan fingerprint density at radius 1 is 1.38 bits per heavy atom. The number of rotatable bonds is 5. The zero-order valence-electron chi connectivity index (χ0n) is 12.4. The minimum Gasteiger partial charge on any atom is -0.461 e. The number of nitrogens with two attached hydrogens (primary N) is 1. The number of Topliss-reactive ketones (excluding diaryl/α,β-unsaturated/α-hetero) is 1. The molecule has 0 atom stereocenters. The molecular formula is C14H11N5O4S. The first-order valence-corrected chi connectivity index (χ1v) is 7.50. The second-order valence-corrected chi connectivity index (χ2v) is 5.76. The molecule has 10 heteroatoms. The van der Waals surface area contributed by atoms with Gasteiger partial charge in [-0.3, -0.25) is 14.9 Å². The van der Waals surface area contributed by atoms with E-state index >= 15 is 0 Å². The van der Waals surface area contributed by atoms with Gasteiger partial charge < -0.3 is 10.3 Å². The van der Waals surface area contributed by atoms with Crippen LogP contribution in [0.25, 0.3) is 11.6 Å². The lowest BCUT2D eigenvalue weighted by Gasteiger charge is -2.04. The maximum Gasteiger partial charge on any atom is 0.284 e. The van der Waals surface area contributed by atoms with Crippen molar-refractivity contribution in [2.45, 2.75) is 17.0 Å². The molecule has 3 rings (SSSR count). The summed E-state index contributed by atoms with van der Waals surface area (Å²) in [5.41, 5.74) is 0.0618. The number of nitrogens with zero attached hydrogens (tertiary/aromatic N) is 4. The van der Waals surface area contributed by atoms with Gasteiger partial charge in [0.1, 0.15) is 0 Å². The van der Waals surface area contributed by atoms with Gasteiger partial charge >= 0.3 is 0 Å². The monoisotopic (exact) mass is 345 g/mol. The molecule has 0 saturated heterocycles. The summed E-state index contributed by atoms with van der Waals surface area (Å²) in [6.07, 6.45) is 1.47. The maximum absolute atomic E-state index is 11.4. The Hall–Kier alpha value is -3.14. The largest absolute Gasteiger partial charge is 0.461 e. The van der Waals surface area contributed by atoms with Gasteiger partial charge in [-0.05, 0) is 43.0 Å². The number of ketones is 1. The summed E-state index contributed by atoms with van der Waals surface area (Å²) < 4.78 is 6.40. The maximum atomic E-state index is 11.4. The topological polar surface area (TPSA) is 130 Å². The van der Waals surface area contributed by atoms with Gasteiger partial charge in [0.05, 0.1) is 16.1 Å². The SMILES string of the molecule is CC(=O)c1ccc(Sc2nnc(-c3ccco3)n2N)c([N+](=O)[O-])c1. The number of hydrogen-bond donors (Lipinski definition) is 1. The lowest BCUT2D eigenvalue weighted by molar-refractivity contribution is -0.387. The second kappa shape index (κ2) is 6.16. The molecule has 0 bridgehead atoms. The minimum atomic E-state index is -0.556. The van der Waals surface area contributed by atoms with Crippen molar-refractivity contribution in [3.8, 4) is 11.6 Å². The molecule has 2 N–H and O–H groups in total. The predicted octanol–water partition coefficient (Wildman–Crippen LogP) is 2.51. The van der Waals surface area contributed by atoms with Crippen LogP contribution >= 0.6 is 11.8 Å². The summed E-state index contributed by atoms with van der Waals surface area (Å²) in [4.78, 5) is 22.4. The first-order chi connectivity index (χ1) is 11.5. The molecule has 122 valence electrons. The van der Waals surface area contributed by atoms with Crippen LogP contribution in [0.2, 0.25) is 0 Å². The van der Waals surface area contributed by atoms with Crippen molar-refractivity contribution < 1.29 is 14.1 Å². The first-order valence-electron chi connectivity index (χ1n) is 6.69. The number of carbonyl (C=O) groups is 1. The normalized spacial score (nSPS) is 10.7. The number of nitro groups is 1. The van der Waals surface area contributed by atoms with Gasteiger partial charge in [0.2, 0.25) is 11.0 Å². The Bertz CT molecular complexity index is 919. The van der Waals surface area contributed by atoms with E-state index in [-0.39, 0.29) is 22.2 Å². The summed E-state index contributed by atoms with van der Waals surface area (Å²) in [6.45, 7) is 1.35. The Morgan fingerprint density at radius 3 is 2.79 bits per heavy atom. The van der Waals surface area contributed by atoms with Gasteiger partial charge in [-0.15, -0.1) is 10.2 Å². The van der Waals surface area contributed by atoms with Crippen LogP contribution in [0.1, 0.15) is 17.3 Å². The number of nitro benzene ring substituents is 1. The van der Waals surface area contributed by atoms with E-state index in [1.165, 1.54) is 36.1 Å². The molecule has 0 aliphatic rings. The number of nitrogen functional groups attached to an aromatic ring is 1. The molecule has 0 radical (unpaired) electrons. The predicted molar refractivity (Wildman–Crippen MR) is 85.1 cm³/mol. The highest BCUT2D eigenvalue weighted by molar-refractivity contribution is 7.99. The molecule has 0 aliphatic carbocycles. The van der Waals surface area contributed by atoms with Crippen LogP contribution < -0.4 is 5.84 Å². The van der Waals surface area contributed by atoms with Crippen LogP contribution in [0, 0.1) is 10.1 Å². The molecule has 2 heterocycles. The zero-order valence-corrected chi connectivity index (χ0v) is 13.2. The highest BCUT2D eigenvalue weighted by atomic mass is 32.2. The van der Waals surface area contributed by atoms with Crippen LogP contribution in [0.15, 0.2) is 51.1 Å². The number of carbonyl (C=O) groups excluding carboxylic acids is 1. The van der Waals surface area contributed by atoms with E-state index in [2.05, 4.69) is 10.2 Å². The molecule has 2 aromatic heterocycles. The van der Waals surface area contributed by atoms with Gasteiger partial charge in [0.15, 0.2) is 11.5 Å². The smallest absolute Gasteiger partial charge is 0.284 e. The average Bonchev–Trinajstić information content (AvgIpc) is 3.18. The van der Waals surface area contributed by atoms with E-state index in [1.54, 1.807) is 12.1 Å². The molecule has 0 amide bonds. The Morgan fingerprint density at radius 2 is 2.17 bits per heavy atom. The van der Waals surface area contributed by atoms with E-state index in [0.717, 1.165) is 11.8 Å². The molecular weight excluding hydrogens is 334 g/mol. The quantitative estimate of drug-likeness (QED) is 0.323. The van der Waals surface area contributed by atoms with E-state index in [4.69, 9.17) is 10.3 Å². The van der Waals surface area contributed by atoms with Crippen molar-refractivity contribution in [3.63, 3.8) is 0 Å². The standard InChI is InChI=1S/C14H11N5O4S/c1-8(20)9-4-5-12(10(7-9)19(21)22)24-14-17-16-13(18(14)15)11-3-2-6-23-11/h2-7H,15H2,1H3. The molecule has 9 nitrogen and oxygen atoms in total. The van der Waals surface area contributed by atoms with Crippen LogP contribution in [0.3, 0.4) is 0 Å². The lowest BCUT2D eigenvalue weighted by Crippen LogP contribution is -2.11. The third-order valence-corrected chi connectivity index (χ3v) is 4.20. The Kier molecular flexibility index (Phi) is 4.04. The molecule has 0 unspecified atom stereocenters. The van der Waals surface area contributed by atoms with Gasteiger partial charge in [-0.2, -0.15) is 0 Å². The lowest BCUT2D eigenvalue weighted by atomic mass is 10.1. The summed E-state index contributed by atoms with van der Waals surface area (Å²) in [7, 11) is 0. The van der Waals surface area contributed by atoms with Crippen LogP contribution in [-0.4, -0.2) is 25.6 Å². The minimum absolute atomic E-state index is 0.199. The van der Waals surface area contributed by atoms with Gasteiger partial charge in [-0.25, -0.2) is 4.68 Å². The zero-order chi connectivity index (χ0) is 17.3. The molecule has 0 fully saturated rings. The van der Waals surface area contributed by atoms with Crippen molar-refractivity contribution >= 4 is 23.2 Å². The van der Waals surface area contributed by atoms with Gasteiger partial charge in [0.25, 0.3) is 5.69 Å². The van der Waals surface area contributed by atoms with Crippen LogP contribution in [0.5, 0.6) is 0 Å². The molecule has 0 spiro atoms. The van der Waals surface area contributed by atoms with E-state index in [1.807, 2.05) is 0 Å². The fourth-order valence-corrected chi connectivity index (χ4v) is 2.82. The molecule has 24 heavy (non-hydrogen) atoms. The molecule has 0 aliphatic heterocycles. The average molecular weight is 345 g/mol. The highest BCUT2D eigenvalue weighted by Crippen LogP contribution is 2.35. The molecule has 1 aromatic carbocycles. The fraction of sp³-hybridized carbons (Fsp3) is 0.0714. The second-order valence-electron chi connectivity index (χ2n) is 4.75. The number of hydrogen-bond acceptors (Lipinski definition) is 8. The van der Waals surface area contributed by atoms with Gasteiger partial charge in [-0.1, -0.05) is 0 Å². The summed E-state index contributed by atoms with van der Waals surface area (Å²) in [5.74, 6) is 6.41. The van der Waals surface area contributed by atoms with Crippen molar-refractivity contribution in [1.29, 1.82) is 0 Å². The number of benzene rings is 1. The highest BCUT2D eigenvalue weighted by Gasteiger charge is 2.21. The van der Waals surface area contributed by atoms with Crippen molar-refractivity contribution in [3.05, 3.63) is 52.3 Å². The van der Waals surface area contributed by atoms with Crippen molar-refractivity contribution in [1.82, 2.24) is 14.9 Å². The molecule has 0 saturated carbocycles. The molecule has 3 aromatic rings.